The predicted molar refractivity (Wildman–Crippen MR) is 97.1 cm³/mol. The van der Waals surface area contributed by atoms with Crippen LogP contribution in [0.4, 0.5) is 14.5 Å². The molecular weight excluding hydrogens is 358 g/mol. The Bertz CT molecular complexity index is 937. The summed E-state index contributed by atoms with van der Waals surface area (Å²) in [7, 11) is 0. The number of aryl methyl sites for hydroxylation is 2. The minimum absolute atomic E-state index is 0.0759. The number of halogens is 2. The molecule has 4 nitrogen and oxygen atoms in total. The maximum atomic E-state index is 13.2. The molecule has 1 N–H and O–H groups in total. The Morgan fingerprint density at radius 3 is 2.65 bits per heavy atom. The molecule has 0 aliphatic rings. The summed E-state index contributed by atoms with van der Waals surface area (Å²) in [5, 5.41) is 2.77. The fraction of sp³-hybridized carbons (Fsp3) is 0.158. The van der Waals surface area contributed by atoms with Gasteiger partial charge in [0, 0.05) is 16.1 Å². The fourth-order valence-corrected chi connectivity index (χ4v) is 2.96. The first kappa shape index (κ1) is 18.1. The van der Waals surface area contributed by atoms with Crippen LogP contribution in [0.1, 0.15) is 11.5 Å². The predicted octanol–water partition coefficient (Wildman–Crippen LogP) is 4.97. The van der Waals surface area contributed by atoms with Crippen LogP contribution >= 0.6 is 11.8 Å². The lowest BCUT2D eigenvalue weighted by molar-refractivity contribution is -0.113. The quantitative estimate of drug-likeness (QED) is 0.641. The van der Waals surface area contributed by atoms with E-state index in [0.717, 1.165) is 40.9 Å². The number of carbonyl (C=O) groups excluding carboxylic acids is 1. The molecule has 0 aliphatic carbocycles. The molecule has 0 radical (unpaired) electrons. The number of carbonyl (C=O) groups is 1. The van der Waals surface area contributed by atoms with Gasteiger partial charge in [0.05, 0.1) is 11.4 Å². The van der Waals surface area contributed by atoms with E-state index in [1.807, 2.05) is 19.9 Å². The smallest absolute Gasteiger partial charge is 0.234 e. The van der Waals surface area contributed by atoms with Crippen molar-refractivity contribution in [2.24, 2.45) is 0 Å². The zero-order valence-corrected chi connectivity index (χ0v) is 15.0. The Morgan fingerprint density at radius 1 is 1.15 bits per heavy atom. The molecule has 1 heterocycles. The van der Waals surface area contributed by atoms with Gasteiger partial charge in [0.2, 0.25) is 11.8 Å². The third kappa shape index (κ3) is 4.29. The lowest BCUT2D eigenvalue weighted by Crippen LogP contribution is -2.14. The Kier molecular flexibility index (Phi) is 5.37. The van der Waals surface area contributed by atoms with Crippen LogP contribution in [0.5, 0.6) is 0 Å². The van der Waals surface area contributed by atoms with E-state index in [2.05, 4.69) is 10.3 Å². The molecule has 26 heavy (non-hydrogen) atoms. The number of thioether (sulfide) groups is 1. The average molecular weight is 374 g/mol. The van der Waals surface area contributed by atoms with Gasteiger partial charge in [-0.05, 0) is 50.2 Å². The van der Waals surface area contributed by atoms with Gasteiger partial charge in [-0.25, -0.2) is 13.8 Å². The number of hydrogen-bond donors (Lipinski definition) is 1. The maximum absolute atomic E-state index is 13.2. The van der Waals surface area contributed by atoms with E-state index in [0.29, 0.717) is 16.5 Å². The minimum Gasteiger partial charge on any atom is -0.441 e. The van der Waals surface area contributed by atoms with Crippen molar-refractivity contribution < 1.29 is 18.0 Å². The first-order valence-electron chi connectivity index (χ1n) is 7.84. The lowest BCUT2D eigenvalue weighted by atomic mass is 10.2. The van der Waals surface area contributed by atoms with Crippen molar-refractivity contribution in [1.82, 2.24) is 4.98 Å². The first-order chi connectivity index (χ1) is 12.4. The highest BCUT2D eigenvalue weighted by atomic mass is 32.2. The van der Waals surface area contributed by atoms with E-state index in [1.165, 1.54) is 6.07 Å². The number of anilines is 1. The summed E-state index contributed by atoms with van der Waals surface area (Å²) in [6.07, 6.45) is 0. The molecule has 0 unspecified atom stereocenters. The van der Waals surface area contributed by atoms with Crippen LogP contribution in [0.15, 0.2) is 51.8 Å². The van der Waals surface area contributed by atoms with Gasteiger partial charge >= 0.3 is 0 Å². The number of nitrogens with zero attached hydrogens (tertiary/aromatic N) is 1. The van der Waals surface area contributed by atoms with Crippen molar-refractivity contribution >= 4 is 23.4 Å². The largest absolute Gasteiger partial charge is 0.441 e. The fourth-order valence-electron chi connectivity index (χ4n) is 2.24. The third-order valence-electron chi connectivity index (χ3n) is 3.68. The summed E-state index contributed by atoms with van der Waals surface area (Å²) in [5.74, 6) is -0.777. The normalized spacial score (nSPS) is 10.8. The number of rotatable bonds is 5. The highest BCUT2D eigenvalue weighted by Crippen LogP contribution is 2.25. The van der Waals surface area contributed by atoms with Crippen LogP contribution in [-0.2, 0) is 4.79 Å². The summed E-state index contributed by atoms with van der Waals surface area (Å²) in [4.78, 5) is 16.9. The molecule has 134 valence electrons. The molecule has 0 fully saturated rings. The van der Waals surface area contributed by atoms with Gasteiger partial charge in [-0.3, -0.25) is 4.79 Å². The van der Waals surface area contributed by atoms with E-state index in [4.69, 9.17) is 4.42 Å². The molecular formula is C19H16F2N2O2S. The maximum Gasteiger partial charge on any atom is 0.234 e. The summed E-state index contributed by atoms with van der Waals surface area (Å²) in [6, 6.07) is 10.7. The molecule has 0 bridgehead atoms. The summed E-state index contributed by atoms with van der Waals surface area (Å²) < 4.78 is 31.7. The summed E-state index contributed by atoms with van der Waals surface area (Å²) in [5.41, 5.74) is 2.18. The molecule has 0 aliphatic heterocycles. The molecule has 0 atom stereocenters. The standard InChI is InChI=1S/C19H16F2N2O2S/c1-11-12(2)25-19(22-11)13-4-3-5-14(8-13)23-18(24)10-26-15-6-7-16(20)17(21)9-15/h3-9H,10H2,1-2H3,(H,23,24). The van der Waals surface area contributed by atoms with Gasteiger partial charge in [-0.15, -0.1) is 11.8 Å². The first-order valence-corrected chi connectivity index (χ1v) is 8.83. The van der Waals surface area contributed by atoms with Crippen molar-refractivity contribution in [2.75, 3.05) is 11.1 Å². The van der Waals surface area contributed by atoms with E-state index < -0.39 is 11.6 Å². The van der Waals surface area contributed by atoms with Crippen LogP contribution < -0.4 is 5.32 Å². The summed E-state index contributed by atoms with van der Waals surface area (Å²) >= 11 is 1.13. The summed E-state index contributed by atoms with van der Waals surface area (Å²) in [6.45, 7) is 3.70. The Morgan fingerprint density at radius 2 is 1.96 bits per heavy atom. The van der Waals surface area contributed by atoms with E-state index in [-0.39, 0.29) is 11.7 Å². The number of amides is 1. The number of aromatic nitrogens is 1. The molecule has 3 aromatic rings. The zero-order valence-electron chi connectivity index (χ0n) is 14.2. The van der Waals surface area contributed by atoms with Gasteiger partial charge in [0.15, 0.2) is 11.6 Å². The van der Waals surface area contributed by atoms with Crippen molar-refractivity contribution in [2.45, 2.75) is 18.7 Å². The Labute approximate surface area is 153 Å². The molecule has 1 aromatic heterocycles. The number of hydrogen-bond acceptors (Lipinski definition) is 4. The monoisotopic (exact) mass is 374 g/mol. The van der Waals surface area contributed by atoms with E-state index >= 15 is 0 Å². The topological polar surface area (TPSA) is 55.1 Å². The van der Waals surface area contributed by atoms with Crippen molar-refractivity contribution in [3.63, 3.8) is 0 Å². The van der Waals surface area contributed by atoms with E-state index in [9.17, 15) is 13.6 Å². The van der Waals surface area contributed by atoms with Crippen LogP contribution in [0.25, 0.3) is 11.5 Å². The number of nitrogens with one attached hydrogen (secondary N) is 1. The van der Waals surface area contributed by atoms with Gasteiger partial charge < -0.3 is 9.73 Å². The van der Waals surface area contributed by atoms with Gasteiger partial charge in [-0.1, -0.05) is 6.07 Å². The van der Waals surface area contributed by atoms with Gasteiger partial charge in [-0.2, -0.15) is 0 Å². The van der Waals surface area contributed by atoms with Gasteiger partial charge in [0.25, 0.3) is 0 Å². The second-order valence-electron chi connectivity index (χ2n) is 5.65. The molecule has 2 aromatic carbocycles. The molecule has 0 saturated carbocycles. The second kappa shape index (κ2) is 7.70. The van der Waals surface area contributed by atoms with Crippen LogP contribution in [0, 0.1) is 25.5 Å². The van der Waals surface area contributed by atoms with Crippen LogP contribution in [0.2, 0.25) is 0 Å². The SMILES string of the molecule is Cc1nc(-c2cccc(NC(=O)CSc3ccc(F)c(F)c3)c2)oc1C. The molecule has 3 rings (SSSR count). The van der Waals surface area contributed by atoms with Crippen molar-refractivity contribution in [1.29, 1.82) is 0 Å². The highest BCUT2D eigenvalue weighted by molar-refractivity contribution is 8.00. The molecule has 0 spiro atoms. The molecule has 7 heteroatoms. The zero-order chi connectivity index (χ0) is 18.7. The Hall–Kier alpha value is -2.67. The number of oxazole rings is 1. The molecule has 1 amide bonds. The van der Waals surface area contributed by atoms with Crippen LogP contribution in [-0.4, -0.2) is 16.6 Å². The third-order valence-corrected chi connectivity index (χ3v) is 4.68. The average Bonchev–Trinajstić information content (AvgIpc) is 2.95. The number of benzene rings is 2. The van der Waals surface area contributed by atoms with Gasteiger partial charge in [0.1, 0.15) is 5.76 Å². The second-order valence-corrected chi connectivity index (χ2v) is 6.70. The highest BCUT2D eigenvalue weighted by Gasteiger charge is 2.10. The Balaban J connectivity index is 1.64. The van der Waals surface area contributed by atoms with E-state index in [1.54, 1.807) is 18.2 Å². The van der Waals surface area contributed by atoms with Crippen molar-refractivity contribution in [3.05, 3.63) is 65.6 Å². The molecule has 0 saturated heterocycles. The van der Waals surface area contributed by atoms with Crippen LogP contribution in [0.3, 0.4) is 0 Å². The lowest BCUT2D eigenvalue weighted by Gasteiger charge is -2.06. The minimum atomic E-state index is -0.931. The van der Waals surface area contributed by atoms with Crippen molar-refractivity contribution in [3.8, 4) is 11.5 Å².